The Kier molecular flexibility index (Phi) is 4.72. The molecular weight excluding hydrogens is 408 g/mol. The standard InChI is InChI=1S/C29H26N2O2/c1-32-26-9-3-20(4-10-26)22-7-13-28-24(15-22)17-30-19-31(28)18-25-16-23(8-14-29(25)30)21-5-11-27(33-2)12-6-21/h3-16H,17-19H2,1-2H3. The molecule has 0 N–H and O–H groups in total. The summed E-state index contributed by atoms with van der Waals surface area (Å²) in [6.07, 6.45) is 0. The van der Waals surface area contributed by atoms with Gasteiger partial charge in [-0.2, -0.15) is 0 Å². The summed E-state index contributed by atoms with van der Waals surface area (Å²) in [5.74, 6) is 1.77. The molecule has 2 aliphatic rings. The number of ether oxygens (including phenoxy) is 2. The van der Waals surface area contributed by atoms with Crippen molar-refractivity contribution in [1.82, 2.24) is 0 Å². The molecule has 2 bridgehead atoms. The molecule has 0 fully saturated rings. The second-order valence-electron chi connectivity index (χ2n) is 8.68. The van der Waals surface area contributed by atoms with Crippen LogP contribution < -0.4 is 19.3 Å². The van der Waals surface area contributed by atoms with Crippen molar-refractivity contribution in [3.05, 3.63) is 96.1 Å². The van der Waals surface area contributed by atoms with Crippen LogP contribution in [0.5, 0.6) is 11.5 Å². The zero-order valence-corrected chi connectivity index (χ0v) is 18.9. The molecular formula is C29H26N2O2. The highest BCUT2D eigenvalue weighted by atomic mass is 16.5. The Morgan fingerprint density at radius 3 is 1.30 bits per heavy atom. The van der Waals surface area contributed by atoms with E-state index < -0.39 is 0 Å². The molecule has 33 heavy (non-hydrogen) atoms. The van der Waals surface area contributed by atoms with Gasteiger partial charge < -0.3 is 19.3 Å². The summed E-state index contributed by atoms with van der Waals surface area (Å²) in [5.41, 5.74) is 10.3. The van der Waals surface area contributed by atoms with Crippen LogP contribution in [-0.4, -0.2) is 20.9 Å². The molecule has 4 nitrogen and oxygen atoms in total. The minimum Gasteiger partial charge on any atom is -0.497 e. The third-order valence-corrected chi connectivity index (χ3v) is 6.75. The first kappa shape index (κ1) is 19.7. The number of hydrogen-bond donors (Lipinski definition) is 0. The lowest BCUT2D eigenvalue weighted by Crippen LogP contribution is -2.46. The number of hydrogen-bond acceptors (Lipinski definition) is 4. The lowest BCUT2D eigenvalue weighted by Gasteiger charge is -2.45. The number of fused-ring (bicyclic) bond motifs is 6. The predicted octanol–water partition coefficient (Wildman–Crippen LogP) is 6.34. The molecule has 0 saturated carbocycles. The molecule has 0 unspecified atom stereocenters. The van der Waals surface area contributed by atoms with Crippen molar-refractivity contribution < 1.29 is 9.47 Å². The molecule has 0 aromatic heterocycles. The van der Waals surface area contributed by atoms with Crippen LogP contribution in [0, 0.1) is 0 Å². The summed E-state index contributed by atoms with van der Waals surface area (Å²) in [5, 5.41) is 0. The van der Waals surface area contributed by atoms with Gasteiger partial charge in [0.15, 0.2) is 0 Å². The average molecular weight is 435 g/mol. The molecule has 164 valence electrons. The van der Waals surface area contributed by atoms with Gasteiger partial charge in [-0.25, -0.2) is 0 Å². The molecule has 4 aromatic carbocycles. The van der Waals surface area contributed by atoms with Crippen LogP contribution in [0.25, 0.3) is 22.3 Å². The molecule has 2 heterocycles. The second-order valence-corrected chi connectivity index (χ2v) is 8.68. The third-order valence-electron chi connectivity index (χ3n) is 6.75. The average Bonchev–Trinajstić information content (AvgIpc) is 2.88. The van der Waals surface area contributed by atoms with Gasteiger partial charge in [-0.1, -0.05) is 36.4 Å². The lowest BCUT2D eigenvalue weighted by atomic mass is 9.95. The number of rotatable bonds is 4. The molecule has 2 aliphatic heterocycles. The molecule has 4 heteroatoms. The molecule has 0 spiro atoms. The summed E-state index contributed by atoms with van der Waals surface area (Å²) in [4.78, 5) is 4.97. The van der Waals surface area contributed by atoms with Gasteiger partial charge in [0, 0.05) is 24.5 Å². The number of anilines is 2. The van der Waals surface area contributed by atoms with E-state index in [4.69, 9.17) is 9.47 Å². The van der Waals surface area contributed by atoms with Crippen molar-refractivity contribution in [2.45, 2.75) is 13.1 Å². The van der Waals surface area contributed by atoms with Crippen molar-refractivity contribution in [3.63, 3.8) is 0 Å². The zero-order valence-electron chi connectivity index (χ0n) is 18.9. The zero-order chi connectivity index (χ0) is 22.4. The quantitative estimate of drug-likeness (QED) is 0.374. The summed E-state index contributed by atoms with van der Waals surface area (Å²) in [7, 11) is 3.40. The van der Waals surface area contributed by atoms with Crippen LogP contribution in [-0.2, 0) is 13.1 Å². The van der Waals surface area contributed by atoms with Crippen LogP contribution in [0.4, 0.5) is 11.4 Å². The van der Waals surface area contributed by atoms with E-state index in [9.17, 15) is 0 Å². The summed E-state index contributed by atoms with van der Waals surface area (Å²) in [6.45, 7) is 2.78. The Morgan fingerprint density at radius 2 is 0.909 bits per heavy atom. The predicted molar refractivity (Wildman–Crippen MR) is 134 cm³/mol. The first-order valence-electron chi connectivity index (χ1n) is 11.3. The normalized spacial score (nSPS) is 13.9. The maximum atomic E-state index is 5.31. The van der Waals surface area contributed by atoms with E-state index in [0.717, 1.165) is 31.3 Å². The van der Waals surface area contributed by atoms with E-state index >= 15 is 0 Å². The Hall–Kier alpha value is -3.92. The monoisotopic (exact) mass is 434 g/mol. The van der Waals surface area contributed by atoms with Gasteiger partial charge >= 0.3 is 0 Å². The van der Waals surface area contributed by atoms with E-state index in [1.165, 1.54) is 44.8 Å². The highest BCUT2D eigenvalue weighted by Crippen LogP contribution is 2.41. The van der Waals surface area contributed by atoms with Crippen LogP contribution in [0.15, 0.2) is 84.9 Å². The van der Waals surface area contributed by atoms with Gasteiger partial charge in [0.1, 0.15) is 11.5 Å². The number of nitrogens with zero attached hydrogens (tertiary/aromatic N) is 2. The Morgan fingerprint density at radius 1 is 0.515 bits per heavy atom. The van der Waals surface area contributed by atoms with E-state index in [1.807, 2.05) is 24.3 Å². The van der Waals surface area contributed by atoms with Gasteiger partial charge in [0.2, 0.25) is 0 Å². The van der Waals surface area contributed by atoms with Crippen LogP contribution >= 0.6 is 0 Å². The second kappa shape index (κ2) is 7.89. The fourth-order valence-electron chi connectivity index (χ4n) is 5.01. The van der Waals surface area contributed by atoms with Gasteiger partial charge in [-0.15, -0.1) is 0 Å². The van der Waals surface area contributed by atoms with Crippen molar-refractivity contribution in [2.24, 2.45) is 0 Å². The maximum Gasteiger partial charge on any atom is 0.118 e. The van der Waals surface area contributed by atoms with E-state index in [-0.39, 0.29) is 0 Å². The Balaban J connectivity index is 1.30. The third kappa shape index (κ3) is 3.48. The maximum absolute atomic E-state index is 5.31. The first-order chi connectivity index (χ1) is 16.2. The van der Waals surface area contributed by atoms with Gasteiger partial charge in [0.25, 0.3) is 0 Å². The topological polar surface area (TPSA) is 24.9 Å². The number of benzene rings is 4. The van der Waals surface area contributed by atoms with Crippen LogP contribution in [0.1, 0.15) is 11.1 Å². The first-order valence-corrected chi connectivity index (χ1v) is 11.3. The SMILES string of the molecule is COc1ccc(-c2ccc3c(c2)CN2CN3Cc3cc(-c4ccc(OC)cc4)ccc32)cc1. The fourth-order valence-corrected chi connectivity index (χ4v) is 5.01. The van der Waals surface area contributed by atoms with Crippen molar-refractivity contribution >= 4 is 11.4 Å². The molecule has 0 amide bonds. The molecule has 0 atom stereocenters. The van der Waals surface area contributed by atoms with E-state index in [2.05, 4.69) is 70.5 Å². The van der Waals surface area contributed by atoms with Crippen molar-refractivity contribution in [2.75, 3.05) is 30.7 Å². The van der Waals surface area contributed by atoms with E-state index in [0.29, 0.717) is 0 Å². The molecule has 0 radical (unpaired) electrons. The largest absolute Gasteiger partial charge is 0.497 e. The molecule has 0 saturated heterocycles. The fraction of sp³-hybridized carbons (Fsp3) is 0.172. The highest BCUT2D eigenvalue weighted by Gasteiger charge is 2.29. The van der Waals surface area contributed by atoms with Crippen molar-refractivity contribution in [3.8, 4) is 33.8 Å². The minimum absolute atomic E-state index is 0.883. The summed E-state index contributed by atoms with van der Waals surface area (Å²) in [6, 6.07) is 30.3. The highest BCUT2D eigenvalue weighted by molar-refractivity contribution is 5.76. The van der Waals surface area contributed by atoms with Crippen LogP contribution in [0.3, 0.4) is 0 Å². The number of methoxy groups -OCH3 is 2. The smallest absolute Gasteiger partial charge is 0.118 e. The van der Waals surface area contributed by atoms with E-state index in [1.54, 1.807) is 14.2 Å². The Labute approximate surface area is 194 Å². The minimum atomic E-state index is 0.883. The Bertz CT molecular complexity index is 1210. The lowest BCUT2D eigenvalue weighted by molar-refractivity contribution is 0.415. The van der Waals surface area contributed by atoms with Gasteiger partial charge in [-0.3, -0.25) is 0 Å². The van der Waals surface area contributed by atoms with Crippen LogP contribution in [0.2, 0.25) is 0 Å². The van der Waals surface area contributed by atoms with Gasteiger partial charge in [-0.05, 0) is 81.9 Å². The molecule has 6 rings (SSSR count). The van der Waals surface area contributed by atoms with Crippen molar-refractivity contribution in [1.29, 1.82) is 0 Å². The summed E-state index contributed by atoms with van der Waals surface area (Å²) < 4.78 is 10.6. The molecule has 0 aliphatic carbocycles. The van der Waals surface area contributed by atoms with Gasteiger partial charge in [0.05, 0.1) is 20.9 Å². The summed E-state index contributed by atoms with van der Waals surface area (Å²) >= 11 is 0. The molecule has 4 aromatic rings.